The van der Waals surface area contributed by atoms with Crippen LogP contribution >= 0.6 is 0 Å². The van der Waals surface area contributed by atoms with Gasteiger partial charge in [0.15, 0.2) is 0 Å². The Kier molecular flexibility index (Phi) is 2.17. The average molecular weight is 133 g/mol. The highest BCUT2D eigenvalue weighted by molar-refractivity contribution is 5.75. The second kappa shape index (κ2) is 2.33. The highest BCUT2D eigenvalue weighted by Crippen LogP contribution is 2.04. The monoisotopic (exact) mass is 133 g/mol. The minimum absolute atomic E-state index is 1.22. The van der Waals surface area contributed by atoms with Crippen LogP contribution in [0.5, 0.6) is 0 Å². The van der Waals surface area contributed by atoms with Gasteiger partial charge in [-0.2, -0.15) is 0 Å². The molecule has 2 N–H and O–H groups in total. The molecule has 0 saturated carbocycles. The van der Waals surface area contributed by atoms with Crippen molar-refractivity contribution < 1.29 is 15.0 Å². The van der Waals surface area contributed by atoms with E-state index in [-0.39, 0.29) is 0 Å². The molecule has 4 nitrogen and oxygen atoms in total. The van der Waals surface area contributed by atoms with Gasteiger partial charge in [0.1, 0.15) is 0 Å². The van der Waals surface area contributed by atoms with E-state index in [4.69, 9.17) is 10.2 Å². The zero-order chi connectivity index (χ0) is 7.65. The molecule has 0 radical (unpaired) electrons. The van der Waals surface area contributed by atoms with E-state index >= 15 is 0 Å². The molecule has 4 heteroatoms. The van der Waals surface area contributed by atoms with E-state index in [1.807, 2.05) is 0 Å². The van der Waals surface area contributed by atoms with Crippen molar-refractivity contribution in [2.75, 3.05) is 14.1 Å². The Morgan fingerprint density at radius 2 is 1.89 bits per heavy atom. The molecule has 9 heavy (non-hydrogen) atoms. The van der Waals surface area contributed by atoms with E-state index in [1.165, 1.54) is 25.9 Å². The lowest BCUT2D eigenvalue weighted by Gasteiger charge is -2.25. The standard InChI is InChI=1S/C5H11NO3/c1-5(9,4(7)8)6(2)3/h9H,1-3H3,(H,7,8)/t5-/m1/s1. The Labute approximate surface area is 53.7 Å². The van der Waals surface area contributed by atoms with Gasteiger partial charge in [-0.3, -0.25) is 4.90 Å². The molecule has 0 aliphatic carbocycles. The highest BCUT2D eigenvalue weighted by atomic mass is 16.4. The van der Waals surface area contributed by atoms with E-state index in [2.05, 4.69) is 0 Å². The molecule has 0 saturated heterocycles. The van der Waals surface area contributed by atoms with E-state index in [0.717, 1.165) is 0 Å². The fourth-order valence-corrected chi connectivity index (χ4v) is 0.191. The fourth-order valence-electron chi connectivity index (χ4n) is 0.191. The second-order valence-corrected chi connectivity index (χ2v) is 2.22. The average Bonchev–Trinajstić information content (AvgIpc) is 1.65. The molecule has 54 valence electrons. The molecule has 0 aliphatic rings. The summed E-state index contributed by atoms with van der Waals surface area (Å²) in [5.74, 6) is -1.24. The maximum atomic E-state index is 10.2. The van der Waals surface area contributed by atoms with E-state index in [9.17, 15) is 4.79 Å². The first-order valence-electron chi connectivity index (χ1n) is 2.52. The minimum Gasteiger partial charge on any atom is -0.478 e. The topological polar surface area (TPSA) is 60.8 Å². The van der Waals surface area contributed by atoms with Crippen molar-refractivity contribution in [1.29, 1.82) is 0 Å². The summed E-state index contributed by atoms with van der Waals surface area (Å²) in [6.45, 7) is 1.22. The maximum absolute atomic E-state index is 10.2. The summed E-state index contributed by atoms with van der Waals surface area (Å²) >= 11 is 0. The largest absolute Gasteiger partial charge is 0.478 e. The van der Waals surface area contributed by atoms with Crippen molar-refractivity contribution in [1.82, 2.24) is 4.90 Å². The molecule has 0 aromatic carbocycles. The molecule has 0 spiro atoms. The molecule has 0 amide bonds. The van der Waals surface area contributed by atoms with Crippen LogP contribution in [0.2, 0.25) is 0 Å². The van der Waals surface area contributed by atoms with Crippen LogP contribution in [0.4, 0.5) is 0 Å². The number of likely N-dealkylation sites (N-methyl/N-ethyl adjacent to an activating group) is 1. The van der Waals surface area contributed by atoms with Crippen LogP contribution in [0.15, 0.2) is 0 Å². The Morgan fingerprint density at radius 3 is 1.89 bits per heavy atom. The lowest BCUT2D eigenvalue weighted by Crippen LogP contribution is -2.48. The van der Waals surface area contributed by atoms with Crippen molar-refractivity contribution in [3.8, 4) is 0 Å². The van der Waals surface area contributed by atoms with Crippen molar-refractivity contribution in [3.05, 3.63) is 0 Å². The van der Waals surface area contributed by atoms with Gasteiger partial charge in [0.05, 0.1) is 0 Å². The van der Waals surface area contributed by atoms with Gasteiger partial charge in [-0.1, -0.05) is 0 Å². The minimum atomic E-state index is -1.75. The fraction of sp³-hybridized carbons (Fsp3) is 0.800. The summed E-state index contributed by atoms with van der Waals surface area (Å²) in [5.41, 5.74) is -1.75. The van der Waals surface area contributed by atoms with Crippen LogP contribution < -0.4 is 0 Å². The van der Waals surface area contributed by atoms with E-state index < -0.39 is 11.7 Å². The maximum Gasteiger partial charge on any atom is 0.351 e. The Balaban J connectivity index is 4.19. The van der Waals surface area contributed by atoms with Gasteiger partial charge in [0, 0.05) is 0 Å². The number of rotatable bonds is 2. The zero-order valence-electron chi connectivity index (χ0n) is 5.75. The molecule has 0 aliphatic heterocycles. The van der Waals surface area contributed by atoms with Crippen LogP contribution in [-0.2, 0) is 4.79 Å². The van der Waals surface area contributed by atoms with Crippen molar-refractivity contribution >= 4 is 5.97 Å². The number of carboxylic acids is 1. The van der Waals surface area contributed by atoms with Crippen LogP contribution in [-0.4, -0.2) is 40.9 Å². The van der Waals surface area contributed by atoms with Crippen LogP contribution in [0.25, 0.3) is 0 Å². The molecule has 1 atom stereocenters. The molecule has 0 rings (SSSR count). The first-order chi connectivity index (χ1) is 3.89. The van der Waals surface area contributed by atoms with Gasteiger partial charge >= 0.3 is 5.97 Å². The lowest BCUT2D eigenvalue weighted by molar-refractivity contribution is -0.173. The smallest absolute Gasteiger partial charge is 0.351 e. The number of hydrogen-bond donors (Lipinski definition) is 2. The van der Waals surface area contributed by atoms with Gasteiger partial charge in [0.2, 0.25) is 5.72 Å². The molecular weight excluding hydrogens is 122 g/mol. The van der Waals surface area contributed by atoms with Crippen molar-refractivity contribution in [2.45, 2.75) is 12.6 Å². The molecule has 0 fully saturated rings. The van der Waals surface area contributed by atoms with Gasteiger partial charge in [0.25, 0.3) is 0 Å². The van der Waals surface area contributed by atoms with Gasteiger partial charge in [-0.05, 0) is 21.0 Å². The summed E-state index contributed by atoms with van der Waals surface area (Å²) in [7, 11) is 2.99. The van der Waals surface area contributed by atoms with Crippen molar-refractivity contribution in [3.63, 3.8) is 0 Å². The van der Waals surface area contributed by atoms with E-state index in [0.29, 0.717) is 0 Å². The van der Waals surface area contributed by atoms with Crippen LogP contribution in [0.3, 0.4) is 0 Å². The normalized spacial score (nSPS) is 17.4. The molecule has 0 aromatic rings. The number of carbonyl (C=O) groups is 1. The third-order valence-electron chi connectivity index (χ3n) is 1.28. The Bertz CT molecular complexity index is 119. The predicted octanol–water partition coefficient (Wildman–Crippen LogP) is -0.659. The van der Waals surface area contributed by atoms with Crippen molar-refractivity contribution in [2.24, 2.45) is 0 Å². The summed E-state index contributed by atoms with van der Waals surface area (Å²) in [6, 6.07) is 0. The van der Waals surface area contributed by atoms with Gasteiger partial charge in [-0.15, -0.1) is 0 Å². The molecule has 0 bridgehead atoms. The zero-order valence-corrected chi connectivity index (χ0v) is 5.75. The lowest BCUT2D eigenvalue weighted by atomic mass is 10.2. The molecular formula is C5H11NO3. The summed E-state index contributed by atoms with van der Waals surface area (Å²) in [4.78, 5) is 11.4. The predicted molar refractivity (Wildman–Crippen MR) is 31.9 cm³/mol. The third-order valence-corrected chi connectivity index (χ3v) is 1.28. The first kappa shape index (κ1) is 8.39. The number of hydrogen-bond acceptors (Lipinski definition) is 3. The summed E-state index contributed by atoms with van der Waals surface area (Å²) < 4.78 is 0. The first-order valence-corrected chi connectivity index (χ1v) is 2.52. The van der Waals surface area contributed by atoms with Gasteiger partial charge < -0.3 is 10.2 Å². The van der Waals surface area contributed by atoms with Gasteiger partial charge in [-0.25, -0.2) is 4.79 Å². The number of aliphatic carboxylic acids is 1. The SMILES string of the molecule is CN(C)[C@](C)(O)C(=O)O. The third kappa shape index (κ3) is 1.65. The number of carboxylic acid groups (broad SMARTS) is 1. The van der Waals surface area contributed by atoms with Crippen LogP contribution in [0, 0.1) is 0 Å². The molecule has 0 heterocycles. The number of nitrogens with zero attached hydrogens (tertiary/aromatic N) is 1. The summed E-state index contributed by atoms with van der Waals surface area (Å²) in [6.07, 6.45) is 0. The molecule has 0 unspecified atom stereocenters. The Hall–Kier alpha value is -0.610. The van der Waals surface area contributed by atoms with Crippen LogP contribution in [0.1, 0.15) is 6.92 Å². The highest BCUT2D eigenvalue weighted by Gasteiger charge is 2.31. The second-order valence-electron chi connectivity index (χ2n) is 2.22. The Morgan fingerprint density at radius 1 is 1.56 bits per heavy atom. The van der Waals surface area contributed by atoms with E-state index in [1.54, 1.807) is 0 Å². The quantitative estimate of drug-likeness (QED) is 0.491. The molecule has 0 aromatic heterocycles. The number of aliphatic hydroxyl groups is 1. The summed E-state index contributed by atoms with van der Waals surface area (Å²) in [5, 5.41) is 17.3.